The van der Waals surface area contributed by atoms with Crippen LogP contribution in [0, 0.1) is 17.8 Å². The van der Waals surface area contributed by atoms with E-state index in [2.05, 4.69) is 72.8 Å². The van der Waals surface area contributed by atoms with Gasteiger partial charge in [-0.05, 0) is 69.1 Å². The van der Waals surface area contributed by atoms with Crippen LogP contribution >= 0.6 is 15.6 Å². The molecule has 0 aromatic heterocycles. The number of phosphoric ester groups is 2. The zero-order chi connectivity index (χ0) is 63.8. The predicted molar refractivity (Wildman–Crippen MR) is 344 cm³/mol. The standard InChI is InChI=1S/C67H126O17P2/c1-8-10-11-12-13-14-15-16-17-18-19-20-27-36-43-50-66(71)83-62(54-77-64(69)48-41-34-26-22-21-25-33-40-47-60(7)9-2)56-81-85(73,74)79-52-61(68)53-80-86(75,76)82-57-63(84-67(72)51-44-37-30-29-32-39-46-59(5)6)55-78-65(70)49-42-35-28-23-24-31-38-45-58(3)4/h14-17,58-63,68H,8-13,18-57H2,1-7H3,(H,73,74)(H,75,76)/b15-14-,17-16-/t60?,61?,62-,63-/m1/s1. The van der Waals surface area contributed by atoms with Gasteiger partial charge in [-0.25, -0.2) is 9.13 Å². The Morgan fingerprint density at radius 1 is 0.384 bits per heavy atom. The van der Waals surface area contributed by atoms with Crippen LogP contribution in [0.15, 0.2) is 24.3 Å². The van der Waals surface area contributed by atoms with Crippen molar-refractivity contribution in [3.63, 3.8) is 0 Å². The molecule has 0 heterocycles. The van der Waals surface area contributed by atoms with Crippen molar-refractivity contribution < 1.29 is 80.2 Å². The van der Waals surface area contributed by atoms with Crippen molar-refractivity contribution in [3.05, 3.63) is 24.3 Å². The van der Waals surface area contributed by atoms with Gasteiger partial charge in [-0.15, -0.1) is 0 Å². The number of hydrogen-bond donors (Lipinski definition) is 3. The van der Waals surface area contributed by atoms with Crippen LogP contribution in [0.25, 0.3) is 0 Å². The molecule has 0 aliphatic carbocycles. The van der Waals surface area contributed by atoms with E-state index in [0.29, 0.717) is 37.5 Å². The summed E-state index contributed by atoms with van der Waals surface area (Å²) in [6, 6.07) is 0. The molecule has 3 N–H and O–H groups in total. The van der Waals surface area contributed by atoms with Crippen LogP contribution in [0.2, 0.25) is 0 Å². The third-order valence-electron chi connectivity index (χ3n) is 15.1. The topological polar surface area (TPSA) is 237 Å². The van der Waals surface area contributed by atoms with Gasteiger partial charge >= 0.3 is 39.5 Å². The molecule has 0 rings (SSSR count). The fraction of sp³-hybridized carbons (Fsp3) is 0.881. The van der Waals surface area contributed by atoms with Crippen molar-refractivity contribution in [1.82, 2.24) is 0 Å². The van der Waals surface area contributed by atoms with Gasteiger partial charge in [0.1, 0.15) is 19.3 Å². The number of carbonyl (C=O) groups is 4. The monoisotopic (exact) mass is 1260 g/mol. The highest BCUT2D eigenvalue weighted by molar-refractivity contribution is 7.47. The van der Waals surface area contributed by atoms with Gasteiger partial charge in [0.05, 0.1) is 26.4 Å². The van der Waals surface area contributed by atoms with Gasteiger partial charge in [0, 0.05) is 25.7 Å². The Bertz CT molecular complexity index is 1790. The average Bonchev–Trinajstić information content (AvgIpc) is 3.66. The minimum Gasteiger partial charge on any atom is -0.462 e. The molecule has 0 amide bonds. The molecule has 0 aromatic rings. The maximum absolute atomic E-state index is 13.0. The molecule has 0 spiro atoms. The summed E-state index contributed by atoms with van der Waals surface area (Å²) in [7, 11) is -9.91. The minimum absolute atomic E-state index is 0.0838. The molecule has 86 heavy (non-hydrogen) atoms. The summed E-state index contributed by atoms with van der Waals surface area (Å²) < 4.78 is 68.0. The second-order valence-electron chi connectivity index (χ2n) is 24.7. The largest absolute Gasteiger partial charge is 0.472 e. The first-order valence-corrected chi connectivity index (χ1v) is 37.2. The van der Waals surface area contributed by atoms with Crippen LogP contribution < -0.4 is 0 Å². The SMILES string of the molecule is CCCCCC/C=C\C=C/CCCCCCCC(=O)O[C@H](COC(=O)CCCCCCCCCCC(C)CC)COP(=O)(O)OCC(O)COP(=O)(O)OC[C@@H](COC(=O)CCCCCCCCCC(C)C)OC(=O)CCCCCCCCC(C)C. The summed E-state index contributed by atoms with van der Waals surface area (Å²) in [5, 5.41) is 10.5. The van der Waals surface area contributed by atoms with Gasteiger partial charge in [0.15, 0.2) is 12.2 Å². The van der Waals surface area contributed by atoms with Crippen LogP contribution in [0.1, 0.15) is 305 Å². The van der Waals surface area contributed by atoms with E-state index in [1.165, 1.54) is 96.3 Å². The Morgan fingerprint density at radius 3 is 1.03 bits per heavy atom. The van der Waals surface area contributed by atoms with Crippen molar-refractivity contribution in [1.29, 1.82) is 0 Å². The Morgan fingerprint density at radius 2 is 0.686 bits per heavy atom. The molecule has 0 aliphatic heterocycles. The second kappa shape index (κ2) is 57.7. The molecule has 19 heteroatoms. The molecule has 0 aliphatic rings. The highest BCUT2D eigenvalue weighted by Gasteiger charge is 2.30. The molecule has 0 radical (unpaired) electrons. The molecule has 0 saturated heterocycles. The van der Waals surface area contributed by atoms with Crippen molar-refractivity contribution in [2.75, 3.05) is 39.6 Å². The van der Waals surface area contributed by atoms with Crippen LogP contribution in [-0.2, 0) is 65.4 Å². The number of ether oxygens (including phenoxy) is 4. The zero-order valence-corrected chi connectivity index (χ0v) is 57.0. The van der Waals surface area contributed by atoms with E-state index in [1.54, 1.807) is 0 Å². The molecule has 0 saturated carbocycles. The molecule has 0 aromatic carbocycles. The lowest BCUT2D eigenvalue weighted by Gasteiger charge is -2.21. The third kappa shape index (κ3) is 59.2. The Labute approximate surface area is 522 Å². The van der Waals surface area contributed by atoms with E-state index in [-0.39, 0.29) is 25.7 Å². The fourth-order valence-corrected chi connectivity index (χ4v) is 11.0. The van der Waals surface area contributed by atoms with Crippen LogP contribution in [-0.4, -0.2) is 96.7 Å². The molecule has 506 valence electrons. The van der Waals surface area contributed by atoms with Gasteiger partial charge in [-0.1, -0.05) is 253 Å². The van der Waals surface area contributed by atoms with Crippen molar-refractivity contribution in [3.8, 4) is 0 Å². The first-order valence-electron chi connectivity index (χ1n) is 34.2. The first-order chi connectivity index (χ1) is 41.3. The number of carbonyl (C=O) groups excluding carboxylic acids is 4. The number of esters is 4. The summed E-state index contributed by atoms with van der Waals surface area (Å²) in [5.41, 5.74) is 0. The number of allylic oxidation sites excluding steroid dienone is 4. The molecule has 17 nitrogen and oxygen atoms in total. The van der Waals surface area contributed by atoms with Crippen LogP contribution in [0.3, 0.4) is 0 Å². The summed E-state index contributed by atoms with van der Waals surface area (Å²) in [6.07, 6.45) is 42.7. The van der Waals surface area contributed by atoms with E-state index in [1.807, 2.05) is 0 Å². The number of unbranched alkanes of at least 4 members (excludes halogenated alkanes) is 27. The smallest absolute Gasteiger partial charge is 0.462 e. The Balaban J connectivity index is 5.28. The molecular formula is C67H126O17P2. The van der Waals surface area contributed by atoms with Gasteiger partial charge in [-0.2, -0.15) is 0 Å². The number of aliphatic hydroxyl groups excluding tert-OH is 1. The van der Waals surface area contributed by atoms with Gasteiger partial charge in [0.25, 0.3) is 0 Å². The molecule has 0 bridgehead atoms. The number of phosphoric acid groups is 2. The number of rotatable bonds is 63. The lowest BCUT2D eigenvalue weighted by atomic mass is 9.99. The predicted octanol–water partition coefficient (Wildman–Crippen LogP) is 18.2. The van der Waals surface area contributed by atoms with Crippen LogP contribution in [0.5, 0.6) is 0 Å². The highest BCUT2D eigenvalue weighted by Crippen LogP contribution is 2.45. The normalized spacial score (nSPS) is 14.8. The summed E-state index contributed by atoms with van der Waals surface area (Å²) in [5.74, 6) is -0.0220. The van der Waals surface area contributed by atoms with E-state index >= 15 is 0 Å². The summed E-state index contributed by atoms with van der Waals surface area (Å²) >= 11 is 0. The number of aliphatic hydroxyl groups is 1. The van der Waals surface area contributed by atoms with Gasteiger partial charge < -0.3 is 33.8 Å². The van der Waals surface area contributed by atoms with Gasteiger partial charge in [-0.3, -0.25) is 37.3 Å². The lowest BCUT2D eigenvalue weighted by molar-refractivity contribution is -0.161. The van der Waals surface area contributed by atoms with Gasteiger partial charge in [0.2, 0.25) is 0 Å². The van der Waals surface area contributed by atoms with E-state index in [0.717, 1.165) is 115 Å². The molecule has 4 unspecified atom stereocenters. The molecule has 0 fully saturated rings. The fourth-order valence-electron chi connectivity index (χ4n) is 9.44. The molecule has 6 atom stereocenters. The zero-order valence-electron chi connectivity index (χ0n) is 55.3. The minimum atomic E-state index is -4.96. The Kier molecular flexibility index (Phi) is 56.0. The maximum atomic E-state index is 13.0. The highest BCUT2D eigenvalue weighted by atomic mass is 31.2. The number of hydrogen-bond acceptors (Lipinski definition) is 15. The second-order valence-corrected chi connectivity index (χ2v) is 27.6. The molecular weight excluding hydrogens is 1140 g/mol. The lowest BCUT2D eigenvalue weighted by Crippen LogP contribution is -2.30. The van der Waals surface area contributed by atoms with Crippen LogP contribution in [0.4, 0.5) is 0 Å². The van der Waals surface area contributed by atoms with E-state index in [4.69, 9.17) is 37.0 Å². The third-order valence-corrected chi connectivity index (χ3v) is 17.0. The van der Waals surface area contributed by atoms with Crippen molar-refractivity contribution in [2.24, 2.45) is 17.8 Å². The summed E-state index contributed by atoms with van der Waals surface area (Å²) in [6.45, 7) is 11.6. The summed E-state index contributed by atoms with van der Waals surface area (Å²) in [4.78, 5) is 72.3. The first kappa shape index (κ1) is 83.5. The van der Waals surface area contributed by atoms with Crippen molar-refractivity contribution >= 4 is 39.5 Å². The van der Waals surface area contributed by atoms with E-state index < -0.39 is 97.5 Å². The Hall–Kier alpha value is -2.46. The maximum Gasteiger partial charge on any atom is 0.472 e. The van der Waals surface area contributed by atoms with Crippen molar-refractivity contribution in [2.45, 2.75) is 324 Å². The quantitative estimate of drug-likeness (QED) is 0.0169. The average molecular weight is 1270 g/mol. The van der Waals surface area contributed by atoms with E-state index in [9.17, 15) is 43.2 Å².